The molecule has 0 fully saturated rings. The van der Waals surface area contributed by atoms with E-state index in [1.54, 1.807) is 12.1 Å². The minimum Gasteiger partial charge on any atom is -0.507 e. The second kappa shape index (κ2) is 5.65. The van der Waals surface area contributed by atoms with Gasteiger partial charge in [0.2, 0.25) is 0 Å². The van der Waals surface area contributed by atoms with Gasteiger partial charge in [0.15, 0.2) is 11.6 Å². The predicted octanol–water partition coefficient (Wildman–Crippen LogP) is 4.05. The lowest BCUT2D eigenvalue weighted by atomic mass is 9.71. The molecule has 0 unspecified atom stereocenters. The van der Waals surface area contributed by atoms with E-state index in [0.717, 1.165) is 16.6 Å². The van der Waals surface area contributed by atoms with Gasteiger partial charge in [-0.2, -0.15) is 0 Å². The summed E-state index contributed by atoms with van der Waals surface area (Å²) in [4.78, 5) is 16.6. The zero-order valence-electron chi connectivity index (χ0n) is 14.6. The van der Waals surface area contributed by atoms with Gasteiger partial charge >= 0.3 is 0 Å². The number of aromatic hydroxyl groups is 1. The summed E-state index contributed by atoms with van der Waals surface area (Å²) in [5, 5.41) is 26.2. The molecule has 5 N–H and O–H groups in total. The molecule has 0 spiro atoms. The Labute approximate surface area is 159 Å². The fourth-order valence-electron chi connectivity index (χ4n) is 3.74. The molecule has 0 amide bonds. The average molecular weight is 382 g/mol. The van der Waals surface area contributed by atoms with Crippen molar-refractivity contribution in [2.24, 2.45) is 16.2 Å². The number of amidine groups is 1. The third-order valence-electron chi connectivity index (χ3n) is 5.08. The topological polar surface area (TPSA) is 128 Å². The van der Waals surface area contributed by atoms with Gasteiger partial charge in [-0.3, -0.25) is 10.2 Å². The van der Waals surface area contributed by atoms with E-state index in [-0.39, 0.29) is 22.9 Å². The summed E-state index contributed by atoms with van der Waals surface area (Å²) in [6.07, 6.45) is 0. The molecular weight excluding hydrogens is 366 g/mol. The van der Waals surface area contributed by atoms with Crippen molar-refractivity contribution in [3.63, 3.8) is 0 Å². The van der Waals surface area contributed by atoms with Crippen LogP contribution < -0.4 is 5.84 Å². The number of ketones is 1. The fourth-order valence-corrected chi connectivity index (χ4v) is 3.91. The van der Waals surface area contributed by atoms with Crippen LogP contribution in [0, 0.1) is 5.41 Å². The molecule has 0 aliphatic heterocycles. The van der Waals surface area contributed by atoms with Crippen molar-refractivity contribution in [3.8, 4) is 5.75 Å². The summed E-state index contributed by atoms with van der Waals surface area (Å²) in [7, 11) is 0. The summed E-state index contributed by atoms with van der Waals surface area (Å²) in [6.45, 7) is 3.94. The van der Waals surface area contributed by atoms with E-state index in [0.29, 0.717) is 21.7 Å². The van der Waals surface area contributed by atoms with Gasteiger partial charge < -0.3 is 15.9 Å². The summed E-state index contributed by atoms with van der Waals surface area (Å²) < 4.78 is 0. The Bertz CT molecular complexity index is 1180. The highest BCUT2D eigenvalue weighted by atomic mass is 35.5. The molecule has 0 saturated heterocycles. The number of phenols is 1. The van der Waals surface area contributed by atoms with E-state index in [4.69, 9.17) is 22.9 Å². The normalized spacial score (nSPS) is 15.1. The smallest absolute Gasteiger partial charge is 0.195 e. The number of nitrogens with zero attached hydrogens (tertiary/aromatic N) is 2. The van der Waals surface area contributed by atoms with Gasteiger partial charge in [0.1, 0.15) is 5.75 Å². The standard InChI is InChI=1S/C19H16ClN5O2/c1-19(2)12-7-14(26)11(18(21)24-25-22)6-10(12)16(27)15-9-4-3-8(20)5-13(9)23-17(15)19/h3-7,23,26H,1-2H3,(H3,21,22,24). The highest BCUT2D eigenvalue weighted by molar-refractivity contribution is 6.31. The molecule has 1 heterocycles. The van der Waals surface area contributed by atoms with E-state index in [9.17, 15) is 9.90 Å². The fraction of sp³-hybridized carbons (Fsp3) is 0.158. The minimum atomic E-state index is -0.572. The summed E-state index contributed by atoms with van der Waals surface area (Å²) in [5.74, 6) is 4.34. The zero-order chi connectivity index (χ0) is 19.5. The van der Waals surface area contributed by atoms with E-state index in [2.05, 4.69) is 15.3 Å². The lowest BCUT2D eigenvalue weighted by molar-refractivity contribution is 0.103. The van der Waals surface area contributed by atoms with Crippen molar-refractivity contribution in [1.82, 2.24) is 4.98 Å². The van der Waals surface area contributed by atoms with Crippen LogP contribution in [0.5, 0.6) is 5.75 Å². The molecule has 1 aromatic heterocycles. The first-order valence-corrected chi connectivity index (χ1v) is 8.57. The van der Waals surface area contributed by atoms with Gasteiger partial charge in [0.05, 0.1) is 11.1 Å². The summed E-state index contributed by atoms with van der Waals surface area (Å²) in [6, 6.07) is 8.32. The van der Waals surface area contributed by atoms with Crippen molar-refractivity contribution in [3.05, 3.63) is 63.3 Å². The molecule has 27 heavy (non-hydrogen) atoms. The second-order valence-corrected chi connectivity index (χ2v) is 7.43. The van der Waals surface area contributed by atoms with E-state index in [1.807, 2.05) is 19.9 Å². The number of H-pyrrole nitrogens is 1. The number of benzene rings is 2. The minimum absolute atomic E-state index is 0.0958. The molecule has 0 radical (unpaired) electrons. The van der Waals surface area contributed by atoms with Gasteiger partial charge in [-0.25, -0.2) is 0 Å². The number of carbonyl (C=O) groups is 1. The molecule has 8 heteroatoms. The Balaban J connectivity index is 2.02. The van der Waals surface area contributed by atoms with Crippen LogP contribution in [0.25, 0.3) is 10.9 Å². The number of nitrogens with two attached hydrogens (primary N) is 1. The number of hydrogen-bond donors (Lipinski definition) is 4. The van der Waals surface area contributed by atoms with Crippen molar-refractivity contribution < 1.29 is 9.90 Å². The molecular formula is C19H16ClN5O2. The molecule has 0 bridgehead atoms. The third kappa shape index (κ3) is 2.35. The Morgan fingerprint density at radius 2 is 2.04 bits per heavy atom. The quantitative estimate of drug-likeness (QED) is 0.167. The number of aromatic nitrogens is 1. The van der Waals surface area contributed by atoms with Crippen LogP contribution in [0.1, 0.15) is 46.6 Å². The molecule has 2 aromatic carbocycles. The highest BCUT2D eigenvalue weighted by Crippen LogP contribution is 2.45. The molecule has 0 atom stereocenters. The average Bonchev–Trinajstić information content (AvgIpc) is 2.99. The SMILES string of the molecule is CC1(C)c2cc(O)c(C(=N)N=NN)cc2C(=O)c2c1[nH]c1cc(Cl)ccc21. The molecule has 136 valence electrons. The van der Waals surface area contributed by atoms with Crippen molar-refractivity contribution in [2.45, 2.75) is 19.3 Å². The van der Waals surface area contributed by atoms with Crippen LogP contribution in [0.15, 0.2) is 40.7 Å². The van der Waals surface area contributed by atoms with E-state index in [1.165, 1.54) is 12.1 Å². The number of aromatic amines is 1. The highest BCUT2D eigenvalue weighted by Gasteiger charge is 2.40. The largest absolute Gasteiger partial charge is 0.507 e. The first kappa shape index (κ1) is 17.2. The maximum Gasteiger partial charge on any atom is 0.195 e. The Kier molecular flexibility index (Phi) is 3.61. The maximum absolute atomic E-state index is 13.3. The van der Waals surface area contributed by atoms with Crippen LogP contribution in [-0.2, 0) is 5.41 Å². The van der Waals surface area contributed by atoms with Crippen LogP contribution >= 0.6 is 11.6 Å². The molecule has 0 saturated carbocycles. The second-order valence-electron chi connectivity index (χ2n) is 7.00. The molecule has 3 aromatic rings. The zero-order valence-corrected chi connectivity index (χ0v) is 15.3. The van der Waals surface area contributed by atoms with Gasteiger partial charge in [-0.1, -0.05) is 36.7 Å². The number of halogens is 1. The van der Waals surface area contributed by atoms with Crippen molar-refractivity contribution in [2.75, 3.05) is 0 Å². The number of fused-ring (bicyclic) bond motifs is 4. The van der Waals surface area contributed by atoms with E-state index >= 15 is 0 Å². The molecule has 7 nitrogen and oxygen atoms in total. The van der Waals surface area contributed by atoms with Gasteiger partial charge in [0, 0.05) is 32.6 Å². The molecule has 1 aliphatic rings. The van der Waals surface area contributed by atoms with Crippen LogP contribution in [0.2, 0.25) is 5.02 Å². The number of hydrogen-bond acceptors (Lipinski definition) is 4. The van der Waals surface area contributed by atoms with Gasteiger partial charge in [-0.05, 0) is 29.8 Å². The lowest BCUT2D eigenvalue weighted by Gasteiger charge is -2.32. The molecule has 4 rings (SSSR count). The Morgan fingerprint density at radius 3 is 2.74 bits per heavy atom. The number of carbonyl (C=O) groups excluding carboxylic acids is 1. The van der Waals surface area contributed by atoms with E-state index < -0.39 is 5.41 Å². The first-order valence-electron chi connectivity index (χ1n) is 8.19. The third-order valence-corrected chi connectivity index (χ3v) is 5.31. The van der Waals surface area contributed by atoms with Crippen LogP contribution in [0.4, 0.5) is 0 Å². The van der Waals surface area contributed by atoms with Crippen molar-refractivity contribution in [1.29, 1.82) is 5.41 Å². The summed E-state index contributed by atoms with van der Waals surface area (Å²) >= 11 is 6.09. The van der Waals surface area contributed by atoms with Gasteiger partial charge in [0.25, 0.3) is 0 Å². The predicted molar refractivity (Wildman–Crippen MR) is 103 cm³/mol. The number of nitrogens with one attached hydrogen (secondary N) is 2. The van der Waals surface area contributed by atoms with Crippen LogP contribution in [0.3, 0.4) is 0 Å². The number of rotatable bonds is 1. The maximum atomic E-state index is 13.3. The lowest BCUT2D eigenvalue weighted by Crippen LogP contribution is -2.30. The monoisotopic (exact) mass is 381 g/mol. The first-order chi connectivity index (χ1) is 12.8. The van der Waals surface area contributed by atoms with Crippen molar-refractivity contribution >= 4 is 34.1 Å². The number of phenolic OH excluding ortho intramolecular Hbond substituents is 1. The van der Waals surface area contributed by atoms with Crippen LogP contribution in [-0.4, -0.2) is 21.7 Å². The summed E-state index contributed by atoms with van der Waals surface area (Å²) in [5.41, 5.74) is 2.71. The van der Waals surface area contributed by atoms with Gasteiger partial charge in [-0.15, -0.1) is 5.11 Å². The molecule has 1 aliphatic carbocycles. The Hall–Kier alpha value is -3.19. The Morgan fingerprint density at radius 1 is 1.30 bits per heavy atom.